The summed E-state index contributed by atoms with van der Waals surface area (Å²) in [5, 5.41) is 8.23. The zero-order valence-corrected chi connectivity index (χ0v) is 5.22. The molecule has 0 radical (unpaired) electrons. The molecule has 0 aromatic rings. The van der Waals surface area contributed by atoms with E-state index in [1.807, 2.05) is 0 Å². The van der Waals surface area contributed by atoms with Crippen LogP contribution >= 0.6 is 0 Å². The lowest BCUT2D eigenvalue weighted by Crippen LogP contribution is -2.02. The van der Waals surface area contributed by atoms with E-state index >= 15 is 0 Å². The fraction of sp³-hybridized carbons (Fsp3) is 0.500. The smallest absolute Gasteiger partial charge is 0.301 e. The molecule has 0 saturated carbocycles. The van der Waals surface area contributed by atoms with Crippen molar-refractivity contribution in [1.82, 2.24) is 0 Å². The molecule has 0 unspecified atom stereocenters. The van der Waals surface area contributed by atoms with E-state index in [1.54, 1.807) is 0 Å². The highest BCUT2D eigenvalue weighted by Gasteiger charge is 2.05. The maximum atomic E-state index is 11.8. The number of hydrogen-bond acceptors (Lipinski definition) is 3. The highest BCUT2D eigenvalue weighted by molar-refractivity contribution is 4.90. The summed E-state index contributed by atoms with van der Waals surface area (Å²) in [7, 11) is 0. The van der Waals surface area contributed by atoms with Gasteiger partial charge in [0, 0.05) is 6.42 Å². The molecule has 0 saturated heterocycles. The van der Waals surface area contributed by atoms with Crippen molar-refractivity contribution in [2.45, 2.75) is 6.42 Å². The molecule has 7 heteroatoms. The monoisotopic (exact) mass is 171 g/mol. The molecule has 0 amide bonds. The molecular weight excluding hydrogens is 167 g/mol. The Morgan fingerprint density at radius 1 is 1.45 bits per heavy atom. The van der Waals surface area contributed by atoms with Gasteiger partial charge in [-0.15, -0.1) is 10.1 Å². The van der Waals surface area contributed by atoms with Gasteiger partial charge < -0.3 is 4.84 Å². The largest absolute Gasteiger partial charge is 0.313 e. The average Bonchev–Trinajstić information content (AvgIpc) is 1.86. The second-order valence-electron chi connectivity index (χ2n) is 1.47. The Bertz CT molecular complexity index is 177. The Hall–Kier alpha value is -1.27. The molecule has 0 fully saturated rings. The molecule has 0 heterocycles. The molecule has 11 heavy (non-hydrogen) atoms. The lowest BCUT2D eigenvalue weighted by Gasteiger charge is -1.94. The summed E-state index contributed by atoms with van der Waals surface area (Å²) in [5.74, 6) is -1.69. The predicted molar refractivity (Wildman–Crippen MR) is 27.9 cm³/mol. The first-order chi connectivity index (χ1) is 5.04. The van der Waals surface area contributed by atoms with Crippen molar-refractivity contribution in [3.8, 4) is 0 Å². The molecule has 0 N–H and O–H groups in total. The third-order valence-electron chi connectivity index (χ3n) is 0.723. The third kappa shape index (κ3) is 5.19. The van der Waals surface area contributed by atoms with Crippen LogP contribution in [0.25, 0.3) is 0 Å². The molecule has 0 aromatic carbocycles. The summed E-state index contributed by atoms with van der Waals surface area (Å²) in [5.41, 5.74) is 0. The maximum Gasteiger partial charge on any atom is 0.301 e. The van der Waals surface area contributed by atoms with Crippen molar-refractivity contribution < 1.29 is 23.1 Å². The van der Waals surface area contributed by atoms with Gasteiger partial charge in [-0.2, -0.15) is 8.78 Å². The zero-order chi connectivity index (χ0) is 8.85. The van der Waals surface area contributed by atoms with Gasteiger partial charge in [0.25, 0.3) is 5.09 Å². The Morgan fingerprint density at radius 2 is 2.00 bits per heavy atom. The van der Waals surface area contributed by atoms with Crippen LogP contribution in [0, 0.1) is 10.1 Å². The molecule has 64 valence electrons. The summed E-state index contributed by atoms with van der Waals surface area (Å²) in [6.07, 6.45) is -3.26. The van der Waals surface area contributed by atoms with E-state index in [2.05, 4.69) is 4.84 Å². The quantitative estimate of drug-likeness (QED) is 0.477. The van der Waals surface area contributed by atoms with Gasteiger partial charge in [-0.1, -0.05) is 0 Å². The molecule has 0 spiro atoms. The summed E-state index contributed by atoms with van der Waals surface area (Å²) in [4.78, 5) is 13.0. The molecule has 0 rings (SSSR count). The molecule has 0 aromatic heterocycles. The molecule has 0 bridgehead atoms. The Balaban J connectivity index is 3.56. The van der Waals surface area contributed by atoms with Gasteiger partial charge in [0.15, 0.2) is 5.83 Å². The topological polar surface area (TPSA) is 52.4 Å². The van der Waals surface area contributed by atoms with E-state index < -0.39 is 30.0 Å². The molecule has 0 aliphatic carbocycles. The number of hydrogen-bond donors (Lipinski definition) is 0. The van der Waals surface area contributed by atoms with E-state index in [0.29, 0.717) is 0 Å². The van der Waals surface area contributed by atoms with Crippen LogP contribution in [0.4, 0.5) is 13.2 Å². The van der Waals surface area contributed by atoms with Gasteiger partial charge in [-0.25, -0.2) is 4.39 Å². The lowest BCUT2D eigenvalue weighted by molar-refractivity contribution is -0.757. The zero-order valence-electron chi connectivity index (χ0n) is 5.22. The number of rotatable bonds is 4. The Labute approximate surface area is 59.4 Å². The fourth-order valence-electron chi connectivity index (χ4n) is 0.304. The van der Waals surface area contributed by atoms with Crippen molar-refractivity contribution in [3.05, 3.63) is 22.0 Å². The van der Waals surface area contributed by atoms with Crippen LogP contribution in [0.3, 0.4) is 0 Å². The second kappa shape index (κ2) is 4.53. The standard InChI is InChI=1S/C4H4F3NO3/c5-3(4(6)7)1-2-11-8(9)10/h1-2H2. The van der Waals surface area contributed by atoms with E-state index in [4.69, 9.17) is 0 Å². The van der Waals surface area contributed by atoms with Crippen LogP contribution < -0.4 is 0 Å². The normalized spacial score (nSPS) is 9.00. The lowest BCUT2D eigenvalue weighted by atomic mass is 10.4. The SMILES string of the molecule is O=[N+]([O-])OCCC(F)=C(F)F. The molecular formula is C4H4F3NO3. The van der Waals surface area contributed by atoms with Crippen LogP contribution in [0.15, 0.2) is 11.9 Å². The molecule has 0 aliphatic heterocycles. The van der Waals surface area contributed by atoms with Gasteiger partial charge in [-0.05, 0) is 0 Å². The van der Waals surface area contributed by atoms with Crippen molar-refractivity contribution in [1.29, 1.82) is 0 Å². The minimum absolute atomic E-state index is 0.698. The van der Waals surface area contributed by atoms with E-state index in [0.717, 1.165) is 0 Å². The molecule has 0 aliphatic rings. The van der Waals surface area contributed by atoms with E-state index in [-0.39, 0.29) is 0 Å². The van der Waals surface area contributed by atoms with Gasteiger partial charge in [0.05, 0.1) is 0 Å². The average molecular weight is 171 g/mol. The minimum Gasteiger partial charge on any atom is -0.313 e. The maximum absolute atomic E-state index is 11.8. The summed E-state index contributed by atoms with van der Waals surface area (Å²) in [6.45, 7) is -0.698. The third-order valence-corrected chi connectivity index (χ3v) is 0.723. The van der Waals surface area contributed by atoms with Crippen LogP contribution in [0.1, 0.15) is 6.42 Å². The van der Waals surface area contributed by atoms with E-state index in [9.17, 15) is 23.3 Å². The van der Waals surface area contributed by atoms with Crippen molar-refractivity contribution in [3.63, 3.8) is 0 Å². The van der Waals surface area contributed by atoms with Gasteiger partial charge in [0.2, 0.25) is 0 Å². The first kappa shape index (κ1) is 9.73. The summed E-state index contributed by atoms with van der Waals surface area (Å²) >= 11 is 0. The van der Waals surface area contributed by atoms with Gasteiger partial charge in [0.1, 0.15) is 6.61 Å². The Morgan fingerprint density at radius 3 is 2.36 bits per heavy atom. The molecule has 0 atom stereocenters. The second-order valence-corrected chi connectivity index (χ2v) is 1.47. The van der Waals surface area contributed by atoms with Crippen LogP contribution in [-0.4, -0.2) is 11.7 Å². The molecule has 4 nitrogen and oxygen atoms in total. The van der Waals surface area contributed by atoms with Gasteiger partial charge in [-0.3, -0.25) is 0 Å². The van der Waals surface area contributed by atoms with Crippen LogP contribution in [-0.2, 0) is 4.84 Å². The number of halogens is 3. The Kier molecular flexibility index (Phi) is 4.01. The summed E-state index contributed by atoms with van der Waals surface area (Å²) < 4.78 is 34.3. The number of nitrogens with zero attached hydrogens (tertiary/aromatic N) is 1. The first-order valence-corrected chi connectivity index (χ1v) is 2.51. The first-order valence-electron chi connectivity index (χ1n) is 2.51. The van der Waals surface area contributed by atoms with Crippen molar-refractivity contribution >= 4 is 0 Å². The van der Waals surface area contributed by atoms with E-state index in [1.165, 1.54) is 0 Å². The van der Waals surface area contributed by atoms with Gasteiger partial charge >= 0.3 is 6.08 Å². The highest BCUT2D eigenvalue weighted by Crippen LogP contribution is 2.12. The van der Waals surface area contributed by atoms with Crippen LogP contribution in [0.5, 0.6) is 0 Å². The highest BCUT2D eigenvalue weighted by atomic mass is 19.3. The fourth-order valence-corrected chi connectivity index (χ4v) is 0.304. The predicted octanol–water partition coefficient (Wildman–Crippen LogP) is 1.66. The van der Waals surface area contributed by atoms with Crippen molar-refractivity contribution in [2.24, 2.45) is 0 Å². The summed E-state index contributed by atoms with van der Waals surface area (Å²) in [6, 6.07) is 0. The van der Waals surface area contributed by atoms with Crippen molar-refractivity contribution in [2.75, 3.05) is 6.61 Å². The minimum atomic E-state index is -2.48. The van der Waals surface area contributed by atoms with Crippen LogP contribution in [0.2, 0.25) is 0 Å².